The Hall–Kier alpha value is -8.79. The molecule has 0 saturated heterocycles. The molecular formula is C63H43N3. The van der Waals surface area contributed by atoms with Crippen LogP contribution in [0.4, 0.5) is 0 Å². The zero-order valence-electron chi connectivity index (χ0n) is 36.2. The Labute approximate surface area is 386 Å². The van der Waals surface area contributed by atoms with Crippen molar-refractivity contribution in [1.29, 1.82) is 0 Å². The van der Waals surface area contributed by atoms with Crippen molar-refractivity contribution in [2.75, 3.05) is 0 Å². The fourth-order valence-electron chi connectivity index (χ4n) is 8.75. The van der Waals surface area contributed by atoms with Crippen molar-refractivity contribution in [1.82, 2.24) is 15.0 Å². The van der Waals surface area contributed by atoms with Gasteiger partial charge in [-0.2, -0.15) is 0 Å². The van der Waals surface area contributed by atoms with Crippen LogP contribution in [0.2, 0.25) is 0 Å². The van der Waals surface area contributed by atoms with Gasteiger partial charge in [0, 0.05) is 16.7 Å². The molecule has 0 fully saturated rings. The molecule has 11 rings (SSSR count). The van der Waals surface area contributed by atoms with Gasteiger partial charge in [-0.25, -0.2) is 15.0 Å². The molecule has 0 aliphatic carbocycles. The van der Waals surface area contributed by atoms with Gasteiger partial charge in [0.25, 0.3) is 0 Å². The summed E-state index contributed by atoms with van der Waals surface area (Å²) >= 11 is 0. The molecule has 66 heavy (non-hydrogen) atoms. The van der Waals surface area contributed by atoms with Crippen molar-refractivity contribution < 1.29 is 0 Å². The van der Waals surface area contributed by atoms with Crippen LogP contribution < -0.4 is 0 Å². The van der Waals surface area contributed by atoms with Crippen LogP contribution in [0.3, 0.4) is 0 Å². The molecule has 0 bridgehead atoms. The first-order valence-electron chi connectivity index (χ1n) is 22.3. The summed E-state index contributed by atoms with van der Waals surface area (Å²) < 4.78 is 0. The minimum atomic E-state index is 0.616. The third-order valence-corrected chi connectivity index (χ3v) is 12.1. The topological polar surface area (TPSA) is 38.7 Å². The molecule has 310 valence electrons. The Morgan fingerprint density at radius 1 is 0.152 bits per heavy atom. The second-order valence-corrected chi connectivity index (χ2v) is 16.4. The molecule has 3 heteroatoms. The molecule has 11 aromatic rings. The van der Waals surface area contributed by atoms with Crippen LogP contribution in [0.25, 0.3) is 112 Å². The summed E-state index contributed by atoms with van der Waals surface area (Å²) in [5, 5.41) is 0. The highest BCUT2D eigenvalue weighted by Crippen LogP contribution is 2.38. The Morgan fingerprint density at radius 3 is 0.894 bits per heavy atom. The van der Waals surface area contributed by atoms with E-state index in [4.69, 9.17) is 15.0 Å². The number of rotatable bonds is 10. The molecule has 0 radical (unpaired) electrons. The number of hydrogen-bond donors (Lipinski definition) is 0. The predicted octanol–water partition coefficient (Wildman–Crippen LogP) is 16.5. The maximum atomic E-state index is 5.23. The van der Waals surface area contributed by atoms with Gasteiger partial charge in [-0.05, 0) is 120 Å². The quantitative estimate of drug-likeness (QED) is 0.138. The van der Waals surface area contributed by atoms with E-state index in [0.717, 1.165) is 55.6 Å². The van der Waals surface area contributed by atoms with Crippen molar-refractivity contribution in [3.8, 4) is 112 Å². The van der Waals surface area contributed by atoms with E-state index in [0.29, 0.717) is 17.5 Å². The Balaban J connectivity index is 0.957. The average Bonchev–Trinajstić information content (AvgIpc) is 3.42. The molecule has 0 aliphatic heterocycles. The largest absolute Gasteiger partial charge is 0.208 e. The standard InChI is InChI=1S/C63H43N3/c1-5-19-44(20-6-1)48-27-17-33-54(39-48)59-35-13-14-36-60(59)63-65-61(47-25-11-4-12-26-47)64-62(66-63)55-34-18-31-52(40-55)50-29-15-28-49(37-50)51-30-16-32-53(38-51)58-42-56(45-21-7-2-8-22-45)41-57(43-58)46-23-9-3-10-24-46/h1-43H. The van der Waals surface area contributed by atoms with Crippen LogP contribution in [0.5, 0.6) is 0 Å². The number of hydrogen-bond acceptors (Lipinski definition) is 3. The first-order chi connectivity index (χ1) is 32.7. The van der Waals surface area contributed by atoms with Gasteiger partial charge in [-0.3, -0.25) is 0 Å². The summed E-state index contributed by atoms with van der Waals surface area (Å²) in [6, 6.07) is 92.1. The highest BCUT2D eigenvalue weighted by Gasteiger charge is 2.17. The molecule has 0 amide bonds. The molecule has 0 saturated carbocycles. The molecule has 0 aliphatic rings. The minimum absolute atomic E-state index is 0.616. The molecule has 0 spiro atoms. The lowest BCUT2D eigenvalue weighted by Crippen LogP contribution is -2.01. The van der Waals surface area contributed by atoms with E-state index in [-0.39, 0.29) is 0 Å². The third kappa shape index (κ3) is 8.49. The SMILES string of the molecule is c1ccc(-c2cc(-c3ccccc3)cc(-c3cccc(-c4cccc(-c5cccc(-c6nc(-c7ccccc7)nc(-c7ccccc7-c7cccc(-c8ccccc8)c7)n6)c5)c4)c3)c2)cc1. The van der Waals surface area contributed by atoms with E-state index in [9.17, 15) is 0 Å². The Bertz CT molecular complexity index is 3400. The van der Waals surface area contributed by atoms with Gasteiger partial charge in [0.05, 0.1) is 0 Å². The maximum absolute atomic E-state index is 5.23. The molecule has 3 nitrogen and oxygen atoms in total. The van der Waals surface area contributed by atoms with Gasteiger partial charge in [-0.15, -0.1) is 0 Å². The zero-order chi connectivity index (χ0) is 44.1. The van der Waals surface area contributed by atoms with Crippen molar-refractivity contribution in [3.63, 3.8) is 0 Å². The van der Waals surface area contributed by atoms with Crippen LogP contribution in [-0.4, -0.2) is 15.0 Å². The molecule has 0 unspecified atom stereocenters. The number of aromatic nitrogens is 3. The van der Waals surface area contributed by atoms with E-state index < -0.39 is 0 Å². The van der Waals surface area contributed by atoms with Crippen molar-refractivity contribution in [3.05, 3.63) is 261 Å². The highest BCUT2D eigenvalue weighted by atomic mass is 15.0. The van der Waals surface area contributed by atoms with Gasteiger partial charge in [0.1, 0.15) is 0 Å². The zero-order valence-corrected chi connectivity index (χ0v) is 36.2. The summed E-state index contributed by atoms with van der Waals surface area (Å²) in [5.74, 6) is 1.86. The Morgan fingerprint density at radius 2 is 0.409 bits per heavy atom. The first kappa shape index (κ1) is 40.0. The summed E-state index contributed by atoms with van der Waals surface area (Å²) in [6.07, 6.45) is 0. The monoisotopic (exact) mass is 841 g/mol. The van der Waals surface area contributed by atoms with Gasteiger partial charge in [-0.1, -0.05) is 218 Å². The van der Waals surface area contributed by atoms with Crippen molar-refractivity contribution >= 4 is 0 Å². The summed E-state index contributed by atoms with van der Waals surface area (Å²) in [7, 11) is 0. The predicted molar refractivity (Wildman–Crippen MR) is 274 cm³/mol. The molecule has 0 N–H and O–H groups in total. The minimum Gasteiger partial charge on any atom is -0.208 e. The molecule has 0 atom stereocenters. The van der Waals surface area contributed by atoms with Crippen molar-refractivity contribution in [2.45, 2.75) is 0 Å². The fraction of sp³-hybridized carbons (Fsp3) is 0. The van der Waals surface area contributed by atoms with Crippen molar-refractivity contribution in [2.24, 2.45) is 0 Å². The number of benzene rings is 10. The summed E-state index contributed by atoms with van der Waals surface area (Å²) in [6.45, 7) is 0. The summed E-state index contributed by atoms with van der Waals surface area (Å²) in [4.78, 5) is 15.5. The van der Waals surface area contributed by atoms with Crippen LogP contribution in [-0.2, 0) is 0 Å². The first-order valence-corrected chi connectivity index (χ1v) is 22.3. The molecule has 10 aromatic carbocycles. The van der Waals surface area contributed by atoms with Gasteiger partial charge < -0.3 is 0 Å². The van der Waals surface area contributed by atoms with Gasteiger partial charge >= 0.3 is 0 Å². The van der Waals surface area contributed by atoms with Gasteiger partial charge in [0.15, 0.2) is 17.5 Å². The number of nitrogens with zero attached hydrogens (tertiary/aromatic N) is 3. The van der Waals surface area contributed by atoms with Crippen LogP contribution >= 0.6 is 0 Å². The molecule has 1 heterocycles. The Kier molecular flexibility index (Phi) is 11.0. The lowest BCUT2D eigenvalue weighted by atomic mass is 9.91. The van der Waals surface area contributed by atoms with E-state index in [2.05, 4.69) is 237 Å². The second kappa shape index (κ2) is 18.1. The lowest BCUT2D eigenvalue weighted by Gasteiger charge is -2.14. The fourth-order valence-corrected chi connectivity index (χ4v) is 8.75. The lowest BCUT2D eigenvalue weighted by molar-refractivity contribution is 1.07. The molecular weight excluding hydrogens is 799 g/mol. The molecule has 1 aromatic heterocycles. The third-order valence-electron chi connectivity index (χ3n) is 12.1. The van der Waals surface area contributed by atoms with E-state index in [1.54, 1.807) is 0 Å². The smallest absolute Gasteiger partial charge is 0.164 e. The normalized spacial score (nSPS) is 11.0. The van der Waals surface area contributed by atoms with Crippen LogP contribution in [0.15, 0.2) is 261 Å². The maximum Gasteiger partial charge on any atom is 0.164 e. The van der Waals surface area contributed by atoms with Crippen LogP contribution in [0.1, 0.15) is 0 Å². The van der Waals surface area contributed by atoms with Gasteiger partial charge in [0.2, 0.25) is 0 Å². The van der Waals surface area contributed by atoms with E-state index >= 15 is 0 Å². The van der Waals surface area contributed by atoms with E-state index in [1.807, 2.05) is 24.3 Å². The van der Waals surface area contributed by atoms with Crippen LogP contribution in [0, 0.1) is 0 Å². The summed E-state index contributed by atoms with van der Waals surface area (Å²) in [5.41, 5.74) is 18.9. The average molecular weight is 842 g/mol. The highest BCUT2D eigenvalue weighted by molar-refractivity contribution is 5.86. The van der Waals surface area contributed by atoms with E-state index in [1.165, 1.54) is 38.9 Å². The second-order valence-electron chi connectivity index (χ2n) is 16.4.